The van der Waals surface area contributed by atoms with Gasteiger partial charge in [-0.15, -0.1) is 5.92 Å². The molecule has 1 atom stereocenters. The molecule has 1 aliphatic heterocycles. The van der Waals surface area contributed by atoms with Crippen LogP contribution in [0.25, 0.3) is 0 Å². The Labute approximate surface area is 90.0 Å². The van der Waals surface area contributed by atoms with E-state index in [1.54, 1.807) is 11.8 Å². The molecule has 1 fully saturated rings. The molecule has 0 spiro atoms. The van der Waals surface area contributed by atoms with Gasteiger partial charge in [-0.05, 0) is 13.3 Å². The summed E-state index contributed by atoms with van der Waals surface area (Å²) in [5.74, 6) is 5.53. The number of hydrogen-bond donors (Lipinski definition) is 1. The Morgan fingerprint density at radius 3 is 2.87 bits per heavy atom. The molecule has 0 bridgehead atoms. The Bertz CT molecular complexity index is 314. The van der Waals surface area contributed by atoms with E-state index in [0.717, 1.165) is 0 Å². The van der Waals surface area contributed by atoms with Crippen LogP contribution in [0, 0.1) is 11.8 Å². The zero-order chi connectivity index (χ0) is 11.3. The molecule has 0 aromatic rings. The van der Waals surface area contributed by atoms with Crippen molar-refractivity contribution in [3.05, 3.63) is 0 Å². The summed E-state index contributed by atoms with van der Waals surface area (Å²) in [5.41, 5.74) is 0. The molecule has 0 aromatic heterocycles. The molecule has 82 valence electrons. The van der Waals surface area contributed by atoms with Crippen LogP contribution in [0.5, 0.6) is 0 Å². The minimum atomic E-state index is -0.376. The number of carbonyl (C=O) groups excluding carboxylic acids is 2. The van der Waals surface area contributed by atoms with Gasteiger partial charge in [0.25, 0.3) is 0 Å². The van der Waals surface area contributed by atoms with Crippen molar-refractivity contribution < 1.29 is 9.59 Å². The Balaban J connectivity index is 2.73. The minimum Gasteiger partial charge on any atom is -0.344 e. The van der Waals surface area contributed by atoms with Crippen LogP contribution in [0.2, 0.25) is 0 Å². The molecule has 4 heteroatoms. The molecule has 1 aliphatic rings. The van der Waals surface area contributed by atoms with Crippen molar-refractivity contribution in [1.29, 1.82) is 0 Å². The number of nitrogens with one attached hydrogen (secondary N) is 1. The molecule has 4 nitrogen and oxygen atoms in total. The monoisotopic (exact) mass is 208 g/mol. The predicted molar refractivity (Wildman–Crippen MR) is 56.9 cm³/mol. The zero-order valence-electron chi connectivity index (χ0n) is 9.17. The highest BCUT2D eigenvalue weighted by Crippen LogP contribution is 2.05. The Morgan fingerprint density at radius 2 is 2.27 bits per heavy atom. The molecular formula is C11H16N2O2. The van der Waals surface area contributed by atoms with Crippen molar-refractivity contribution in [2.24, 2.45) is 0 Å². The van der Waals surface area contributed by atoms with Gasteiger partial charge in [0.2, 0.25) is 11.8 Å². The summed E-state index contributed by atoms with van der Waals surface area (Å²) in [6.07, 6.45) is 0.994. The number of nitrogens with zero attached hydrogens (tertiary/aromatic N) is 1. The van der Waals surface area contributed by atoms with E-state index in [9.17, 15) is 9.59 Å². The van der Waals surface area contributed by atoms with E-state index < -0.39 is 0 Å². The van der Waals surface area contributed by atoms with Crippen molar-refractivity contribution in [3.63, 3.8) is 0 Å². The third-order valence-electron chi connectivity index (χ3n) is 2.41. The second kappa shape index (κ2) is 5.40. The van der Waals surface area contributed by atoms with Gasteiger partial charge < -0.3 is 10.2 Å². The van der Waals surface area contributed by atoms with E-state index in [1.165, 1.54) is 0 Å². The molecule has 1 N–H and O–H groups in total. The van der Waals surface area contributed by atoms with Crippen molar-refractivity contribution in [3.8, 4) is 11.8 Å². The van der Waals surface area contributed by atoms with E-state index in [4.69, 9.17) is 0 Å². The number of carbonyl (C=O) groups is 2. The summed E-state index contributed by atoms with van der Waals surface area (Å²) >= 11 is 0. The van der Waals surface area contributed by atoms with Gasteiger partial charge in [-0.25, -0.2) is 0 Å². The lowest BCUT2D eigenvalue weighted by atomic mass is 10.2. The van der Waals surface area contributed by atoms with Gasteiger partial charge in [0.15, 0.2) is 0 Å². The average Bonchev–Trinajstić information content (AvgIpc) is 2.37. The fraction of sp³-hybridized carbons (Fsp3) is 0.636. The zero-order valence-corrected chi connectivity index (χ0v) is 9.17. The summed E-state index contributed by atoms with van der Waals surface area (Å²) in [4.78, 5) is 24.8. The molecule has 0 aliphatic carbocycles. The van der Waals surface area contributed by atoms with Gasteiger partial charge in [0, 0.05) is 13.0 Å². The summed E-state index contributed by atoms with van der Waals surface area (Å²) in [5, 5.41) is 2.71. The topological polar surface area (TPSA) is 49.4 Å². The molecular weight excluding hydrogens is 192 g/mol. The first kappa shape index (κ1) is 11.6. The Morgan fingerprint density at radius 1 is 1.53 bits per heavy atom. The van der Waals surface area contributed by atoms with E-state index in [0.29, 0.717) is 25.9 Å². The van der Waals surface area contributed by atoms with Gasteiger partial charge in [0.05, 0.1) is 6.54 Å². The molecule has 15 heavy (non-hydrogen) atoms. The minimum absolute atomic E-state index is 0.0221. The molecule has 1 unspecified atom stereocenters. The molecule has 1 heterocycles. The van der Waals surface area contributed by atoms with Crippen molar-refractivity contribution in [2.45, 2.75) is 32.7 Å². The van der Waals surface area contributed by atoms with Gasteiger partial charge in [-0.2, -0.15) is 0 Å². The van der Waals surface area contributed by atoms with Crippen molar-refractivity contribution in [1.82, 2.24) is 10.2 Å². The molecule has 0 radical (unpaired) electrons. The fourth-order valence-corrected chi connectivity index (χ4v) is 1.50. The normalized spacial score (nSPS) is 21.5. The largest absolute Gasteiger partial charge is 0.344 e. The van der Waals surface area contributed by atoms with Crippen LogP contribution in [0.15, 0.2) is 0 Å². The van der Waals surface area contributed by atoms with E-state index in [2.05, 4.69) is 17.2 Å². The lowest BCUT2D eigenvalue weighted by Crippen LogP contribution is -2.44. The first-order valence-corrected chi connectivity index (χ1v) is 5.16. The van der Waals surface area contributed by atoms with Crippen LogP contribution < -0.4 is 5.32 Å². The van der Waals surface area contributed by atoms with Gasteiger partial charge in [-0.3, -0.25) is 9.59 Å². The standard InChI is InChI=1S/C11H16N2O2/c1-3-5-7-13-8-6-10(14)12-9(4-2)11(13)15/h9H,4,6-8H2,1-2H3,(H,12,14). The van der Waals surface area contributed by atoms with Crippen LogP contribution in [0.4, 0.5) is 0 Å². The highest BCUT2D eigenvalue weighted by atomic mass is 16.2. The summed E-state index contributed by atoms with van der Waals surface area (Å²) in [6, 6.07) is -0.376. The Kier molecular flexibility index (Phi) is 4.17. The average molecular weight is 208 g/mol. The summed E-state index contributed by atoms with van der Waals surface area (Å²) < 4.78 is 0. The highest BCUT2D eigenvalue weighted by Gasteiger charge is 2.27. The lowest BCUT2D eigenvalue weighted by Gasteiger charge is -2.20. The van der Waals surface area contributed by atoms with Crippen molar-refractivity contribution >= 4 is 11.8 Å². The number of rotatable bonds is 2. The first-order valence-electron chi connectivity index (χ1n) is 5.16. The van der Waals surface area contributed by atoms with E-state index in [-0.39, 0.29) is 17.9 Å². The molecule has 1 saturated heterocycles. The van der Waals surface area contributed by atoms with Crippen LogP contribution in [0.3, 0.4) is 0 Å². The van der Waals surface area contributed by atoms with Gasteiger partial charge in [0.1, 0.15) is 6.04 Å². The smallest absolute Gasteiger partial charge is 0.245 e. The quantitative estimate of drug-likeness (QED) is 0.656. The number of hydrogen-bond acceptors (Lipinski definition) is 2. The van der Waals surface area contributed by atoms with E-state index >= 15 is 0 Å². The first-order chi connectivity index (χ1) is 7.19. The number of amides is 2. The van der Waals surface area contributed by atoms with Crippen LogP contribution in [-0.2, 0) is 9.59 Å². The fourth-order valence-electron chi connectivity index (χ4n) is 1.50. The summed E-state index contributed by atoms with van der Waals surface area (Å²) in [6.45, 7) is 4.51. The second-order valence-corrected chi connectivity index (χ2v) is 3.46. The molecule has 0 aromatic carbocycles. The van der Waals surface area contributed by atoms with Crippen LogP contribution >= 0.6 is 0 Å². The maximum absolute atomic E-state index is 11.9. The summed E-state index contributed by atoms with van der Waals surface area (Å²) in [7, 11) is 0. The van der Waals surface area contributed by atoms with Gasteiger partial charge >= 0.3 is 0 Å². The predicted octanol–water partition coefficient (Wildman–Crippen LogP) is 0.137. The SMILES string of the molecule is CC#CCN1CCC(=O)NC(CC)C1=O. The third-order valence-corrected chi connectivity index (χ3v) is 2.41. The third kappa shape index (κ3) is 2.98. The Hall–Kier alpha value is -1.50. The second-order valence-electron chi connectivity index (χ2n) is 3.46. The maximum atomic E-state index is 11.9. The maximum Gasteiger partial charge on any atom is 0.245 e. The van der Waals surface area contributed by atoms with Gasteiger partial charge in [-0.1, -0.05) is 12.8 Å². The highest BCUT2D eigenvalue weighted by molar-refractivity contribution is 5.90. The van der Waals surface area contributed by atoms with Crippen molar-refractivity contribution in [2.75, 3.05) is 13.1 Å². The van der Waals surface area contributed by atoms with Crippen LogP contribution in [0.1, 0.15) is 26.7 Å². The lowest BCUT2D eigenvalue weighted by molar-refractivity contribution is -0.133. The molecule has 0 saturated carbocycles. The molecule has 1 rings (SSSR count). The van der Waals surface area contributed by atoms with E-state index in [1.807, 2.05) is 6.92 Å². The van der Waals surface area contributed by atoms with Crippen LogP contribution in [-0.4, -0.2) is 35.8 Å². The molecule has 2 amide bonds.